The van der Waals surface area contributed by atoms with Crippen LogP contribution in [0.25, 0.3) is 0 Å². The Hall–Kier alpha value is -0.750. The molecule has 0 heterocycles. The first-order valence-electron chi connectivity index (χ1n) is 5.96. The molecule has 3 nitrogen and oxygen atoms in total. The molecule has 0 aliphatic carbocycles. The van der Waals surface area contributed by atoms with E-state index in [1.165, 1.54) is 0 Å². The summed E-state index contributed by atoms with van der Waals surface area (Å²) in [6, 6.07) is 8.17. The van der Waals surface area contributed by atoms with E-state index in [0.29, 0.717) is 10.6 Å². The highest BCUT2D eigenvalue weighted by Crippen LogP contribution is 2.32. The molecule has 0 aliphatic heterocycles. The van der Waals surface area contributed by atoms with Crippen LogP contribution in [0.1, 0.15) is 11.1 Å². The number of halogens is 3. The van der Waals surface area contributed by atoms with E-state index in [2.05, 4.69) is 20.7 Å². The molecule has 2 rings (SSSR count). The average Bonchev–Trinajstić information content (AvgIpc) is 2.39. The summed E-state index contributed by atoms with van der Waals surface area (Å²) in [5, 5.41) is 0.467. The van der Waals surface area contributed by atoms with Crippen LogP contribution in [-0.2, 0) is 10.0 Å². The number of rotatable bonds is 3. The Bertz CT molecular complexity index is 807. The Labute approximate surface area is 142 Å². The molecule has 0 atom stereocenters. The molecule has 0 aliphatic rings. The highest BCUT2D eigenvalue weighted by molar-refractivity contribution is 9.10. The van der Waals surface area contributed by atoms with Crippen molar-refractivity contribution in [3.05, 3.63) is 56.0 Å². The third kappa shape index (κ3) is 3.54. The molecule has 0 radical (unpaired) electrons. The maximum atomic E-state index is 12.5. The highest BCUT2D eigenvalue weighted by atomic mass is 79.9. The predicted octanol–water partition coefficient (Wildman–Crippen LogP) is 5.17. The van der Waals surface area contributed by atoms with Gasteiger partial charge in [-0.2, -0.15) is 0 Å². The van der Waals surface area contributed by atoms with Gasteiger partial charge in [-0.3, -0.25) is 4.72 Å². The van der Waals surface area contributed by atoms with Gasteiger partial charge in [0.2, 0.25) is 0 Å². The first-order chi connectivity index (χ1) is 9.72. The molecule has 2 aromatic carbocycles. The zero-order valence-corrected chi connectivity index (χ0v) is 15.2. The molecule has 0 unspecified atom stereocenters. The van der Waals surface area contributed by atoms with E-state index >= 15 is 0 Å². The quantitative estimate of drug-likeness (QED) is 0.760. The van der Waals surface area contributed by atoms with Gasteiger partial charge in [0, 0.05) is 4.47 Å². The van der Waals surface area contributed by atoms with Crippen LogP contribution >= 0.6 is 39.1 Å². The molecule has 0 spiro atoms. The number of benzene rings is 2. The molecule has 0 saturated heterocycles. The molecular formula is C14H12BrCl2NO2S. The molecule has 0 bridgehead atoms. The van der Waals surface area contributed by atoms with Crippen molar-refractivity contribution < 1.29 is 8.42 Å². The van der Waals surface area contributed by atoms with Crippen LogP contribution in [0.4, 0.5) is 5.69 Å². The molecule has 0 fully saturated rings. The van der Waals surface area contributed by atoms with Crippen LogP contribution in [0.15, 0.2) is 39.7 Å². The standard InChI is InChI=1S/C14H12BrCl2NO2S/c1-8-7-13(9(2)6-10(8)15)21(19,20)18-12-5-3-4-11(16)14(12)17/h3-7,18H,1-2H3. The van der Waals surface area contributed by atoms with E-state index in [9.17, 15) is 8.42 Å². The van der Waals surface area contributed by atoms with Gasteiger partial charge in [0.1, 0.15) is 0 Å². The summed E-state index contributed by atoms with van der Waals surface area (Å²) in [6.45, 7) is 3.56. The minimum Gasteiger partial charge on any atom is -0.278 e. The van der Waals surface area contributed by atoms with Crippen LogP contribution < -0.4 is 4.72 Å². The monoisotopic (exact) mass is 407 g/mol. The maximum Gasteiger partial charge on any atom is 0.262 e. The minimum absolute atomic E-state index is 0.175. The van der Waals surface area contributed by atoms with Gasteiger partial charge in [0.15, 0.2) is 0 Å². The molecule has 21 heavy (non-hydrogen) atoms. The Balaban J connectivity index is 2.48. The summed E-state index contributed by atoms with van der Waals surface area (Å²) in [5.41, 5.74) is 1.72. The lowest BCUT2D eigenvalue weighted by Gasteiger charge is -2.13. The van der Waals surface area contributed by atoms with Crippen molar-refractivity contribution >= 4 is 54.8 Å². The predicted molar refractivity (Wildman–Crippen MR) is 90.9 cm³/mol. The second-order valence-corrected chi connectivity index (χ2v) is 7.86. The highest BCUT2D eigenvalue weighted by Gasteiger charge is 2.20. The number of aryl methyl sites for hydroxylation is 2. The second kappa shape index (κ2) is 6.16. The number of hydrogen-bond acceptors (Lipinski definition) is 2. The summed E-state index contributed by atoms with van der Waals surface area (Å²) in [4.78, 5) is 0.208. The average molecular weight is 409 g/mol. The Morgan fingerprint density at radius 1 is 1.10 bits per heavy atom. The van der Waals surface area contributed by atoms with E-state index in [-0.39, 0.29) is 15.6 Å². The van der Waals surface area contributed by atoms with Gasteiger partial charge in [0.05, 0.1) is 20.6 Å². The number of anilines is 1. The van der Waals surface area contributed by atoms with Gasteiger partial charge in [-0.25, -0.2) is 8.42 Å². The Kier molecular flexibility index (Phi) is 4.88. The Morgan fingerprint density at radius 2 is 1.76 bits per heavy atom. The van der Waals surface area contributed by atoms with E-state index in [1.54, 1.807) is 37.3 Å². The summed E-state index contributed by atoms with van der Waals surface area (Å²) in [6.07, 6.45) is 0. The molecule has 2 aromatic rings. The van der Waals surface area contributed by atoms with Crippen molar-refractivity contribution in [1.29, 1.82) is 0 Å². The lowest BCUT2D eigenvalue weighted by Crippen LogP contribution is -2.15. The summed E-state index contributed by atoms with van der Waals surface area (Å²) < 4.78 is 28.4. The second-order valence-electron chi connectivity index (χ2n) is 4.57. The fourth-order valence-electron chi connectivity index (χ4n) is 1.83. The van der Waals surface area contributed by atoms with Crippen LogP contribution in [0, 0.1) is 13.8 Å². The third-order valence-corrected chi connectivity index (χ3v) is 6.12. The minimum atomic E-state index is -3.74. The summed E-state index contributed by atoms with van der Waals surface area (Å²) in [5.74, 6) is 0. The van der Waals surface area contributed by atoms with E-state index < -0.39 is 10.0 Å². The molecular weight excluding hydrogens is 397 g/mol. The first-order valence-corrected chi connectivity index (χ1v) is 8.99. The summed E-state index contributed by atoms with van der Waals surface area (Å²) in [7, 11) is -3.74. The molecule has 0 saturated carbocycles. The third-order valence-electron chi connectivity index (χ3n) is 2.94. The topological polar surface area (TPSA) is 46.2 Å². The van der Waals surface area contributed by atoms with Crippen LogP contribution in [0.3, 0.4) is 0 Å². The largest absolute Gasteiger partial charge is 0.278 e. The van der Waals surface area contributed by atoms with Gasteiger partial charge in [-0.15, -0.1) is 0 Å². The van der Waals surface area contributed by atoms with Crippen molar-refractivity contribution in [2.45, 2.75) is 18.7 Å². The van der Waals surface area contributed by atoms with Crippen molar-refractivity contribution in [2.75, 3.05) is 4.72 Å². The molecule has 0 amide bonds. The van der Waals surface area contributed by atoms with Crippen LogP contribution in [-0.4, -0.2) is 8.42 Å². The lowest BCUT2D eigenvalue weighted by atomic mass is 10.2. The fourth-order valence-corrected chi connectivity index (χ4v) is 4.07. The van der Waals surface area contributed by atoms with Gasteiger partial charge in [-0.05, 0) is 49.2 Å². The molecule has 7 heteroatoms. The zero-order chi connectivity index (χ0) is 15.8. The van der Waals surface area contributed by atoms with Crippen LogP contribution in [0.5, 0.6) is 0 Å². The SMILES string of the molecule is Cc1cc(S(=O)(=O)Nc2cccc(Cl)c2Cl)c(C)cc1Br. The normalized spacial score (nSPS) is 11.5. The van der Waals surface area contributed by atoms with Crippen LogP contribution in [0.2, 0.25) is 10.0 Å². The Morgan fingerprint density at radius 3 is 2.43 bits per heavy atom. The van der Waals surface area contributed by atoms with E-state index in [0.717, 1.165) is 10.0 Å². The lowest BCUT2D eigenvalue weighted by molar-refractivity contribution is 0.600. The smallest absolute Gasteiger partial charge is 0.262 e. The first kappa shape index (κ1) is 16.6. The van der Waals surface area contributed by atoms with Crippen molar-refractivity contribution in [2.24, 2.45) is 0 Å². The van der Waals surface area contributed by atoms with Gasteiger partial charge >= 0.3 is 0 Å². The van der Waals surface area contributed by atoms with Crippen molar-refractivity contribution in [3.63, 3.8) is 0 Å². The number of sulfonamides is 1. The van der Waals surface area contributed by atoms with Crippen molar-refractivity contribution in [3.8, 4) is 0 Å². The van der Waals surface area contributed by atoms with E-state index in [4.69, 9.17) is 23.2 Å². The van der Waals surface area contributed by atoms with Gasteiger partial charge < -0.3 is 0 Å². The maximum absolute atomic E-state index is 12.5. The molecule has 0 aromatic heterocycles. The fraction of sp³-hybridized carbons (Fsp3) is 0.143. The molecule has 112 valence electrons. The zero-order valence-electron chi connectivity index (χ0n) is 11.2. The summed E-state index contributed by atoms with van der Waals surface area (Å²) >= 11 is 15.3. The molecule has 1 N–H and O–H groups in total. The van der Waals surface area contributed by atoms with Gasteiger partial charge in [-0.1, -0.05) is 45.2 Å². The number of nitrogens with one attached hydrogen (secondary N) is 1. The van der Waals surface area contributed by atoms with Crippen molar-refractivity contribution in [1.82, 2.24) is 0 Å². The number of hydrogen-bond donors (Lipinski definition) is 1. The van der Waals surface area contributed by atoms with Gasteiger partial charge in [0.25, 0.3) is 10.0 Å². The van der Waals surface area contributed by atoms with E-state index in [1.807, 2.05) is 6.92 Å².